The minimum absolute atomic E-state index is 0.0403. The molecule has 2 bridgehead atoms. The van der Waals surface area contributed by atoms with E-state index < -0.39 is 11.2 Å². The third-order valence-electron chi connectivity index (χ3n) is 4.43. The highest BCUT2D eigenvalue weighted by Crippen LogP contribution is 2.46. The molecule has 1 amide bonds. The van der Waals surface area contributed by atoms with Crippen molar-refractivity contribution in [1.29, 1.82) is 0 Å². The van der Waals surface area contributed by atoms with Crippen LogP contribution in [0.4, 0.5) is 4.79 Å². The van der Waals surface area contributed by atoms with E-state index in [1.807, 2.05) is 31.7 Å². The molecule has 3 rings (SSSR count). The summed E-state index contributed by atoms with van der Waals surface area (Å²) in [7, 11) is 0. The maximum atomic E-state index is 12.4. The second-order valence-electron chi connectivity index (χ2n) is 7.22. The van der Waals surface area contributed by atoms with Crippen LogP contribution in [0, 0.1) is 0 Å². The van der Waals surface area contributed by atoms with Crippen LogP contribution in [0.2, 0.25) is 0 Å². The summed E-state index contributed by atoms with van der Waals surface area (Å²) < 4.78 is 10.6. The third kappa shape index (κ3) is 2.67. The minimum atomic E-state index is -0.892. The van der Waals surface area contributed by atoms with E-state index in [9.17, 15) is 9.90 Å². The van der Waals surface area contributed by atoms with Crippen LogP contribution in [0.3, 0.4) is 0 Å². The molecule has 0 saturated carbocycles. The normalized spacial score (nSPS) is 32.3. The van der Waals surface area contributed by atoms with Crippen molar-refractivity contribution in [2.45, 2.75) is 69.7 Å². The van der Waals surface area contributed by atoms with E-state index in [1.165, 1.54) is 0 Å². The largest absolute Gasteiger partial charge is 0.472 e. The molecule has 0 spiro atoms. The molecule has 2 aliphatic rings. The van der Waals surface area contributed by atoms with Crippen molar-refractivity contribution in [2.24, 2.45) is 0 Å². The van der Waals surface area contributed by atoms with Crippen LogP contribution in [0.1, 0.15) is 52.0 Å². The zero-order valence-corrected chi connectivity index (χ0v) is 12.8. The van der Waals surface area contributed by atoms with E-state index in [4.69, 9.17) is 9.15 Å². The number of rotatable bonds is 1. The van der Waals surface area contributed by atoms with Crippen molar-refractivity contribution in [3.63, 3.8) is 0 Å². The molecule has 0 aromatic carbocycles. The Morgan fingerprint density at radius 2 is 2.00 bits per heavy atom. The maximum absolute atomic E-state index is 12.4. The van der Waals surface area contributed by atoms with E-state index in [2.05, 4.69) is 0 Å². The fourth-order valence-corrected chi connectivity index (χ4v) is 3.60. The van der Waals surface area contributed by atoms with Gasteiger partial charge in [0.15, 0.2) is 0 Å². The fraction of sp³-hybridized carbons (Fsp3) is 0.688. The predicted octanol–water partition coefficient (Wildman–Crippen LogP) is 3.03. The molecule has 1 N–H and O–H groups in total. The molecular formula is C16H23NO4. The summed E-state index contributed by atoms with van der Waals surface area (Å²) in [5, 5.41) is 10.9. The van der Waals surface area contributed by atoms with Gasteiger partial charge in [-0.05, 0) is 39.7 Å². The molecule has 1 aromatic heterocycles. The molecule has 2 aliphatic heterocycles. The Balaban J connectivity index is 1.77. The molecule has 21 heavy (non-hydrogen) atoms. The van der Waals surface area contributed by atoms with Gasteiger partial charge in [0.05, 0.1) is 18.1 Å². The second-order valence-corrected chi connectivity index (χ2v) is 7.22. The Kier molecular flexibility index (Phi) is 3.28. The Hall–Kier alpha value is -1.49. The summed E-state index contributed by atoms with van der Waals surface area (Å²) in [5.74, 6) is 0. The van der Waals surface area contributed by atoms with Gasteiger partial charge < -0.3 is 19.2 Å². The van der Waals surface area contributed by atoms with Gasteiger partial charge in [0.25, 0.3) is 0 Å². The third-order valence-corrected chi connectivity index (χ3v) is 4.43. The monoisotopic (exact) mass is 293 g/mol. The molecule has 5 nitrogen and oxygen atoms in total. The predicted molar refractivity (Wildman–Crippen MR) is 76.7 cm³/mol. The molecule has 116 valence electrons. The van der Waals surface area contributed by atoms with Crippen molar-refractivity contribution in [2.75, 3.05) is 0 Å². The minimum Gasteiger partial charge on any atom is -0.472 e. The smallest absolute Gasteiger partial charge is 0.410 e. The zero-order chi connectivity index (χ0) is 15.3. The van der Waals surface area contributed by atoms with E-state index in [-0.39, 0.29) is 18.2 Å². The molecule has 2 atom stereocenters. The molecule has 5 heteroatoms. The van der Waals surface area contributed by atoms with Crippen molar-refractivity contribution in [3.8, 4) is 0 Å². The SMILES string of the molecule is CC(C)(C)OC(=O)N1C2CCC1CC(O)(c1ccoc1)C2. The second kappa shape index (κ2) is 4.77. The maximum Gasteiger partial charge on any atom is 0.410 e. The van der Waals surface area contributed by atoms with Crippen LogP contribution in [0.15, 0.2) is 23.0 Å². The molecule has 2 fully saturated rings. The highest BCUT2D eigenvalue weighted by atomic mass is 16.6. The van der Waals surface area contributed by atoms with Gasteiger partial charge in [-0.3, -0.25) is 0 Å². The number of carbonyl (C=O) groups excluding carboxylic acids is 1. The van der Waals surface area contributed by atoms with Crippen LogP contribution in [0.25, 0.3) is 0 Å². The topological polar surface area (TPSA) is 62.9 Å². The van der Waals surface area contributed by atoms with E-state index in [1.54, 1.807) is 12.5 Å². The van der Waals surface area contributed by atoms with Gasteiger partial charge in [-0.2, -0.15) is 0 Å². The van der Waals surface area contributed by atoms with Gasteiger partial charge in [-0.25, -0.2) is 4.79 Å². The van der Waals surface area contributed by atoms with Gasteiger partial charge in [0, 0.05) is 30.5 Å². The van der Waals surface area contributed by atoms with Gasteiger partial charge in [0.1, 0.15) is 5.60 Å². The Bertz CT molecular complexity index is 503. The standard InChI is InChI=1S/C16H23NO4/c1-15(2,3)21-14(18)17-12-4-5-13(17)9-16(19,8-12)11-6-7-20-10-11/h6-7,10,12-13,19H,4-5,8-9H2,1-3H3. The summed E-state index contributed by atoms with van der Waals surface area (Å²) in [6, 6.07) is 1.89. The van der Waals surface area contributed by atoms with Crippen molar-refractivity contribution in [1.82, 2.24) is 4.90 Å². The number of piperidine rings is 1. The Morgan fingerprint density at radius 3 is 2.48 bits per heavy atom. The number of hydrogen-bond donors (Lipinski definition) is 1. The number of ether oxygens (including phenoxy) is 1. The lowest BCUT2D eigenvalue weighted by Crippen LogP contribution is -2.53. The number of carbonyl (C=O) groups is 1. The first-order valence-corrected chi connectivity index (χ1v) is 7.55. The van der Waals surface area contributed by atoms with Crippen LogP contribution in [0.5, 0.6) is 0 Å². The van der Waals surface area contributed by atoms with Crippen molar-refractivity contribution in [3.05, 3.63) is 24.2 Å². The van der Waals surface area contributed by atoms with Crippen molar-refractivity contribution < 1.29 is 19.1 Å². The van der Waals surface area contributed by atoms with Gasteiger partial charge >= 0.3 is 6.09 Å². The van der Waals surface area contributed by atoms with Crippen LogP contribution < -0.4 is 0 Å². The molecule has 0 aliphatic carbocycles. The molecule has 2 unspecified atom stereocenters. The molecule has 1 aromatic rings. The Labute approximate surface area is 124 Å². The molecule has 3 heterocycles. The zero-order valence-electron chi connectivity index (χ0n) is 12.8. The lowest BCUT2D eigenvalue weighted by molar-refractivity contribution is -0.0626. The number of fused-ring (bicyclic) bond motifs is 2. The number of amides is 1. The average molecular weight is 293 g/mol. The average Bonchev–Trinajstić information content (AvgIpc) is 2.95. The van der Waals surface area contributed by atoms with E-state index in [0.29, 0.717) is 12.8 Å². The first-order chi connectivity index (χ1) is 9.78. The van der Waals surface area contributed by atoms with Gasteiger partial charge in [0.2, 0.25) is 0 Å². The Morgan fingerprint density at radius 1 is 1.38 bits per heavy atom. The van der Waals surface area contributed by atoms with E-state index >= 15 is 0 Å². The molecular weight excluding hydrogens is 270 g/mol. The van der Waals surface area contributed by atoms with Crippen LogP contribution in [-0.2, 0) is 10.3 Å². The number of aliphatic hydroxyl groups is 1. The first kappa shape index (κ1) is 14.4. The summed E-state index contributed by atoms with van der Waals surface area (Å²) in [4.78, 5) is 14.2. The summed E-state index contributed by atoms with van der Waals surface area (Å²) in [6.07, 6.45) is 5.85. The number of furan rings is 1. The van der Waals surface area contributed by atoms with E-state index in [0.717, 1.165) is 18.4 Å². The lowest BCUT2D eigenvalue weighted by atomic mass is 9.82. The first-order valence-electron chi connectivity index (χ1n) is 7.55. The van der Waals surface area contributed by atoms with Crippen molar-refractivity contribution >= 4 is 6.09 Å². The summed E-state index contributed by atoms with van der Waals surface area (Å²) >= 11 is 0. The van der Waals surface area contributed by atoms with Gasteiger partial charge in [-0.15, -0.1) is 0 Å². The fourth-order valence-electron chi connectivity index (χ4n) is 3.60. The highest BCUT2D eigenvalue weighted by molar-refractivity contribution is 5.69. The quantitative estimate of drug-likeness (QED) is 0.864. The van der Waals surface area contributed by atoms with Crippen LogP contribution in [-0.4, -0.2) is 33.8 Å². The molecule has 2 saturated heterocycles. The highest BCUT2D eigenvalue weighted by Gasteiger charge is 2.51. The summed E-state index contributed by atoms with van der Waals surface area (Å²) in [5.41, 5.74) is -0.574. The number of nitrogens with zero attached hydrogens (tertiary/aromatic N) is 1. The lowest BCUT2D eigenvalue weighted by Gasteiger charge is -2.43. The molecule has 0 radical (unpaired) electrons. The summed E-state index contributed by atoms with van der Waals surface area (Å²) in [6.45, 7) is 5.62. The number of hydrogen-bond acceptors (Lipinski definition) is 4. The van der Waals surface area contributed by atoms with Crippen LogP contribution >= 0.6 is 0 Å². The van der Waals surface area contributed by atoms with Gasteiger partial charge in [-0.1, -0.05) is 0 Å².